The molecule has 0 unspecified atom stereocenters. The van der Waals surface area contributed by atoms with Crippen molar-refractivity contribution in [1.29, 1.82) is 0 Å². The normalized spacial score (nSPS) is 17.6. The number of hydrogen-bond donors (Lipinski definition) is 1. The van der Waals surface area contributed by atoms with E-state index in [0.29, 0.717) is 25.8 Å². The van der Waals surface area contributed by atoms with Crippen LogP contribution < -0.4 is 15.4 Å². The third-order valence-corrected chi connectivity index (χ3v) is 6.60. The number of nitrogens with two attached hydrogens (primary N) is 1. The fourth-order valence-electron chi connectivity index (χ4n) is 4.45. The van der Waals surface area contributed by atoms with Crippen LogP contribution in [0.15, 0.2) is 47.6 Å². The molecule has 14 heteroatoms. The van der Waals surface area contributed by atoms with Gasteiger partial charge in [-0.3, -0.25) is 14.8 Å². The number of hydrogen-bond acceptors (Lipinski definition) is 6. The molecule has 0 radical (unpaired) electrons. The van der Waals surface area contributed by atoms with Crippen LogP contribution in [-0.4, -0.2) is 63.6 Å². The highest BCUT2D eigenvalue weighted by Crippen LogP contribution is 2.44. The van der Waals surface area contributed by atoms with Crippen LogP contribution in [0.3, 0.4) is 0 Å². The minimum atomic E-state index is -5.34. The molecule has 2 aromatic rings. The Morgan fingerprint density at radius 2 is 1.77 bits per heavy atom. The first-order valence-electron chi connectivity index (χ1n) is 12.0. The molecule has 0 aromatic heterocycles. The van der Waals surface area contributed by atoms with Crippen molar-refractivity contribution < 1.29 is 45.0 Å². The van der Waals surface area contributed by atoms with Gasteiger partial charge in [0.2, 0.25) is 0 Å². The van der Waals surface area contributed by atoms with Crippen molar-refractivity contribution in [1.82, 2.24) is 4.90 Å². The first-order valence-corrected chi connectivity index (χ1v) is 12.0. The van der Waals surface area contributed by atoms with Crippen molar-refractivity contribution in [2.45, 2.75) is 12.4 Å². The summed E-state index contributed by atoms with van der Waals surface area (Å²) >= 11 is 0. The number of allylic oxidation sites excluding steroid dienone is 1. The number of ether oxygens (including phenoxy) is 2. The van der Waals surface area contributed by atoms with Crippen molar-refractivity contribution in [2.24, 2.45) is 16.1 Å². The Bertz CT molecular complexity index is 1300. The summed E-state index contributed by atoms with van der Waals surface area (Å²) in [6.07, 6.45) is -10.0. The molecule has 1 spiro atoms. The molecule has 2 aromatic carbocycles. The smallest absolute Gasteiger partial charge is 0.409 e. The summed E-state index contributed by atoms with van der Waals surface area (Å²) in [6, 6.07) is 4.63. The monoisotopic (exact) mass is 574 g/mol. The van der Waals surface area contributed by atoms with E-state index in [-0.39, 0.29) is 29.3 Å². The quantitative estimate of drug-likeness (QED) is 0.363. The van der Waals surface area contributed by atoms with E-state index in [1.807, 2.05) is 0 Å². The zero-order valence-corrected chi connectivity index (χ0v) is 21.2. The Labute approximate surface area is 224 Å². The second-order valence-corrected chi connectivity index (χ2v) is 9.66. The zero-order valence-electron chi connectivity index (χ0n) is 21.2. The van der Waals surface area contributed by atoms with Gasteiger partial charge in [-0.15, -0.1) is 0 Å². The van der Waals surface area contributed by atoms with Crippen LogP contribution in [0.1, 0.15) is 16.7 Å². The Morgan fingerprint density at radius 1 is 1.12 bits per heavy atom. The summed E-state index contributed by atoms with van der Waals surface area (Å²) in [5, 5.41) is 0. The summed E-state index contributed by atoms with van der Waals surface area (Å²) in [4.78, 5) is 19.8. The highest BCUT2D eigenvalue weighted by molar-refractivity contribution is 6.11. The molecule has 4 rings (SSSR count). The van der Waals surface area contributed by atoms with Gasteiger partial charge in [-0.1, -0.05) is 0 Å². The molecule has 40 heavy (non-hydrogen) atoms. The van der Waals surface area contributed by atoms with E-state index in [0.717, 1.165) is 49.6 Å². The van der Waals surface area contributed by atoms with E-state index < -0.39 is 46.7 Å². The van der Waals surface area contributed by atoms with Gasteiger partial charge in [-0.05, 0) is 36.4 Å². The van der Waals surface area contributed by atoms with Crippen molar-refractivity contribution in [3.8, 4) is 5.75 Å². The van der Waals surface area contributed by atoms with E-state index >= 15 is 0 Å². The van der Waals surface area contributed by atoms with Gasteiger partial charge in [-0.25, -0.2) is 9.18 Å². The molecule has 2 fully saturated rings. The van der Waals surface area contributed by atoms with E-state index in [1.54, 1.807) is 0 Å². The molecule has 1 amide bonds. The van der Waals surface area contributed by atoms with Gasteiger partial charge < -0.3 is 15.2 Å². The lowest BCUT2D eigenvalue weighted by atomic mass is 9.78. The molecule has 216 valence electrons. The third-order valence-electron chi connectivity index (χ3n) is 6.60. The molecular formula is C26H25F7N4O3. The molecule has 7 nitrogen and oxygen atoms in total. The Hall–Kier alpha value is -3.65. The van der Waals surface area contributed by atoms with Gasteiger partial charge in [0.15, 0.2) is 5.75 Å². The van der Waals surface area contributed by atoms with E-state index in [4.69, 9.17) is 15.2 Å². The number of aliphatic imine (C=N–C) groups is 1. The molecule has 2 aliphatic rings. The van der Waals surface area contributed by atoms with Crippen molar-refractivity contribution in [3.05, 3.63) is 65.1 Å². The average molecular weight is 574 g/mol. The van der Waals surface area contributed by atoms with Crippen molar-refractivity contribution in [2.75, 3.05) is 51.3 Å². The van der Waals surface area contributed by atoms with E-state index in [9.17, 15) is 35.5 Å². The molecule has 0 atom stereocenters. The van der Waals surface area contributed by atoms with Crippen LogP contribution >= 0.6 is 0 Å². The fourth-order valence-corrected chi connectivity index (χ4v) is 4.45. The summed E-state index contributed by atoms with van der Waals surface area (Å²) in [5.74, 6) is -1.81. The first-order chi connectivity index (χ1) is 18.7. The van der Waals surface area contributed by atoms with E-state index in [1.165, 1.54) is 12.1 Å². The van der Waals surface area contributed by atoms with E-state index in [2.05, 4.69) is 9.89 Å². The van der Waals surface area contributed by atoms with Crippen molar-refractivity contribution >= 4 is 23.6 Å². The number of amides is 1. The maximum Gasteiger partial charge on any atom is 0.420 e. The summed E-state index contributed by atoms with van der Waals surface area (Å²) in [5.41, 5.74) is 1.32. The van der Waals surface area contributed by atoms with Crippen LogP contribution in [0, 0.1) is 11.2 Å². The van der Waals surface area contributed by atoms with Crippen LogP contribution in [-0.2, 0) is 17.1 Å². The molecule has 2 aliphatic heterocycles. The summed E-state index contributed by atoms with van der Waals surface area (Å²) in [6.45, 7) is 3.70. The number of alkyl halides is 6. The minimum Gasteiger partial charge on any atom is -0.409 e. The second kappa shape index (κ2) is 11.1. The highest BCUT2D eigenvalue weighted by atomic mass is 19.4. The largest absolute Gasteiger partial charge is 0.420 e. The molecule has 2 saturated heterocycles. The number of carbonyl (C=O) groups excluding carboxylic acids is 1. The molecular weight excluding hydrogens is 549 g/mol. The lowest BCUT2D eigenvalue weighted by Crippen LogP contribution is -2.66. The van der Waals surface area contributed by atoms with Crippen LogP contribution in [0.5, 0.6) is 5.75 Å². The number of likely N-dealkylation sites (tertiary alicyclic amines) is 1. The second-order valence-electron chi connectivity index (χ2n) is 9.66. The van der Waals surface area contributed by atoms with Gasteiger partial charge >= 0.3 is 18.4 Å². The lowest BCUT2D eigenvalue weighted by Gasteiger charge is -2.55. The molecule has 0 bridgehead atoms. The van der Waals surface area contributed by atoms with Gasteiger partial charge in [0.25, 0.3) is 0 Å². The highest BCUT2D eigenvalue weighted by Gasteiger charge is 2.48. The lowest BCUT2D eigenvalue weighted by molar-refractivity contribution is -0.187. The molecule has 0 aliphatic carbocycles. The average Bonchev–Trinajstić information content (AvgIpc) is 2.83. The number of carbonyl (C=O) groups is 1. The van der Waals surface area contributed by atoms with Crippen LogP contribution in [0.25, 0.3) is 5.57 Å². The third kappa shape index (κ3) is 6.39. The maximum atomic E-state index is 14.0. The van der Waals surface area contributed by atoms with Gasteiger partial charge in [0.1, 0.15) is 5.82 Å². The summed E-state index contributed by atoms with van der Waals surface area (Å²) in [7, 11) is 1.14. The Balaban J connectivity index is 1.64. The topological polar surface area (TPSA) is 80.4 Å². The predicted octanol–water partition coefficient (Wildman–Crippen LogP) is 5.20. The molecule has 2 heterocycles. The zero-order chi connectivity index (χ0) is 29.3. The van der Waals surface area contributed by atoms with Crippen molar-refractivity contribution in [3.63, 3.8) is 0 Å². The fraction of sp³-hybridized carbons (Fsp3) is 0.385. The van der Waals surface area contributed by atoms with Crippen LogP contribution in [0.4, 0.5) is 41.2 Å². The number of nitrogens with zero attached hydrogens (tertiary/aromatic N) is 3. The van der Waals surface area contributed by atoms with Crippen LogP contribution in [0.2, 0.25) is 0 Å². The SMILES string of the molecule is CN(C(=O)Oc1c(/C(C=NCCN2CC3(COC3)C2)=C/N)cc(C(F)(F)F)cc1C(F)(F)F)c1ccc(F)cc1. The number of halogens is 7. The van der Waals surface area contributed by atoms with Gasteiger partial charge in [0.05, 0.1) is 30.9 Å². The number of rotatable bonds is 7. The maximum absolute atomic E-state index is 14.0. The minimum absolute atomic E-state index is 0.0609. The standard InChI is InChI=1S/C26H25F7N4O3/c1-36(19-4-2-18(27)3-5-19)23(38)40-22-20(8-17(25(28,29)30)9-21(22)26(31,32)33)16(10-34)11-35-6-7-37-12-24(13-37)14-39-15-24/h2-5,8-11H,6-7,12-15,34H2,1H3/b16-10+,35-11?. The predicted molar refractivity (Wildman–Crippen MR) is 132 cm³/mol. The number of benzene rings is 2. The Morgan fingerprint density at radius 3 is 2.30 bits per heavy atom. The summed E-state index contributed by atoms with van der Waals surface area (Å²) < 4.78 is 106. The van der Waals surface area contributed by atoms with Gasteiger partial charge in [-0.2, -0.15) is 26.3 Å². The Kier molecular flexibility index (Phi) is 8.13. The molecule has 0 saturated carbocycles. The number of anilines is 1. The first kappa shape index (κ1) is 29.3. The molecule has 2 N–H and O–H groups in total. The van der Waals surface area contributed by atoms with Gasteiger partial charge in [0, 0.05) is 61.3 Å².